The highest BCUT2D eigenvalue weighted by molar-refractivity contribution is 7.17. The van der Waals surface area contributed by atoms with E-state index in [-0.39, 0.29) is 33.9 Å². The van der Waals surface area contributed by atoms with Gasteiger partial charge in [-0.2, -0.15) is 13.2 Å². The Hall–Kier alpha value is -2.24. The van der Waals surface area contributed by atoms with Crippen LogP contribution in [0.25, 0.3) is 10.4 Å². The number of carbonyl (C=O) groups excluding carboxylic acids is 1. The molecule has 3 heterocycles. The zero-order valence-electron chi connectivity index (χ0n) is 20.1. The summed E-state index contributed by atoms with van der Waals surface area (Å²) in [6.45, 7) is 10.1. The molecular weight excluding hydrogens is 467 g/mol. The zero-order chi connectivity index (χ0) is 25.3. The molecule has 1 amide bonds. The average molecular weight is 500 g/mol. The van der Waals surface area contributed by atoms with E-state index in [1.807, 2.05) is 20.8 Å². The Bertz CT molecular complexity index is 1020. The molecule has 0 unspecified atom stereocenters. The van der Waals surface area contributed by atoms with Crippen molar-refractivity contribution in [3.8, 4) is 10.4 Å². The second-order valence-corrected chi connectivity index (χ2v) is 10.8. The van der Waals surface area contributed by atoms with E-state index in [1.54, 1.807) is 6.92 Å². The molecule has 0 aromatic carbocycles. The van der Waals surface area contributed by atoms with E-state index in [0.29, 0.717) is 12.2 Å². The topological polar surface area (TPSA) is 90.4 Å². The fourth-order valence-electron chi connectivity index (χ4n) is 3.84. The monoisotopic (exact) mass is 499 g/mol. The Labute approximate surface area is 201 Å². The number of hydrogen-bond acceptors (Lipinski definition) is 7. The minimum absolute atomic E-state index is 0.0576. The number of aliphatic hydroxyl groups is 1. The van der Waals surface area contributed by atoms with E-state index < -0.39 is 29.2 Å². The molecule has 11 heteroatoms. The van der Waals surface area contributed by atoms with Gasteiger partial charge in [0.15, 0.2) is 5.01 Å². The molecule has 34 heavy (non-hydrogen) atoms. The summed E-state index contributed by atoms with van der Waals surface area (Å²) in [6.07, 6.45) is -1.41. The number of halogens is 3. The van der Waals surface area contributed by atoms with Crippen molar-refractivity contribution in [3.63, 3.8) is 0 Å². The van der Waals surface area contributed by atoms with Crippen molar-refractivity contribution < 1.29 is 23.1 Å². The van der Waals surface area contributed by atoms with Crippen LogP contribution in [0.4, 0.5) is 19.0 Å². The number of aliphatic hydroxyl groups excluding tert-OH is 1. The van der Waals surface area contributed by atoms with Gasteiger partial charge in [-0.15, -0.1) is 11.3 Å². The van der Waals surface area contributed by atoms with Crippen LogP contribution in [-0.4, -0.2) is 56.7 Å². The molecule has 0 aliphatic carbocycles. The first-order chi connectivity index (χ1) is 15.8. The molecule has 3 N–H and O–H groups in total. The van der Waals surface area contributed by atoms with Crippen molar-refractivity contribution >= 4 is 23.1 Å². The van der Waals surface area contributed by atoms with Gasteiger partial charge in [0.2, 0.25) is 0 Å². The van der Waals surface area contributed by atoms with Gasteiger partial charge >= 0.3 is 6.18 Å². The molecule has 0 bridgehead atoms. The molecule has 0 saturated carbocycles. The molecule has 7 nitrogen and oxygen atoms in total. The Balaban J connectivity index is 2.09. The van der Waals surface area contributed by atoms with E-state index in [2.05, 4.69) is 32.4 Å². The number of hydrogen-bond donors (Lipinski definition) is 3. The second-order valence-electron chi connectivity index (χ2n) is 9.80. The summed E-state index contributed by atoms with van der Waals surface area (Å²) < 4.78 is 42.4. The standard InChI is InChI=1S/C23H32F3N5O2S/c1-13(12-32)28-20(33)21-29-17(11-31-8-6-7-14(31)2)19(34-21)15-10-27-18(30-22(3,4)5)9-16(15)23(24,25)26/h9-10,13-14,32H,6-8,11-12H2,1-5H3,(H,27,30)(H,28,33)/t13-,14-/m0/s1. The first kappa shape index (κ1) is 26.4. The molecule has 1 fully saturated rings. The molecule has 1 saturated heterocycles. The minimum atomic E-state index is -4.62. The number of alkyl halides is 3. The Kier molecular flexibility index (Phi) is 7.89. The van der Waals surface area contributed by atoms with E-state index in [4.69, 9.17) is 0 Å². The van der Waals surface area contributed by atoms with E-state index in [9.17, 15) is 23.1 Å². The minimum Gasteiger partial charge on any atom is -0.394 e. The number of pyridine rings is 1. The second kappa shape index (κ2) is 10.2. The normalized spacial score (nSPS) is 18.2. The fourth-order valence-corrected chi connectivity index (χ4v) is 4.84. The third-order valence-electron chi connectivity index (χ3n) is 5.54. The van der Waals surface area contributed by atoms with E-state index >= 15 is 0 Å². The SMILES string of the molecule is C[C@@H](CO)NC(=O)c1nc(CN2CCC[C@@H]2C)c(-c2cnc(NC(C)(C)C)cc2C(F)(F)F)s1. The molecule has 1 aliphatic rings. The lowest BCUT2D eigenvalue weighted by atomic mass is 10.1. The summed E-state index contributed by atoms with van der Waals surface area (Å²) in [5, 5.41) is 14.9. The summed E-state index contributed by atoms with van der Waals surface area (Å²) >= 11 is 0.915. The number of nitrogens with one attached hydrogen (secondary N) is 2. The molecule has 3 rings (SSSR count). The van der Waals surface area contributed by atoms with Gasteiger partial charge in [-0.25, -0.2) is 9.97 Å². The summed E-state index contributed by atoms with van der Waals surface area (Å²) in [4.78, 5) is 23.8. The predicted octanol–water partition coefficient (Wildman–Crippen LogP) is 4.53. The highest BCUT2D eigenvalue weighted by Gasteiger charge is 2.37. The quantitative estimate of drug-likeness (QED) is 0.519. The van der Waals surface area contributed by atoms with Gasteiger partial charge in [0.05, 0.1) is 22.7 Å². The van der Waals surface area contributed by atoms with Crippen LogP contribution >= 0.6 is 11.3 Å². The van der Waals surface area contributed by atoms with Crippen molar-refractivity contribution in [1.29, 1.82) is 0 Å². The number of nitrogens with zero attached hydrogens (tertiary/aromatic N) is 3. The number of aromatic nitrogens is 2. The lowest BCUT2D eigenvalue weighted by Gasteiger charge is -2.23. The number of thiazole rings is 1. The van der Waals surface area contributed by atoms with Gasteiger partial charge < -0.3 is 15.7 Å². The average Bonchev–Trinajstić information content (AvgIpc) is 3.33. The summed E-state index contributed by atoms with van der Waals surface area (Å²) in [5.41, 5.74) is -0.970. The molecule has 188 valence electrons. The maximum Gasteiger partial charge on any atom is 0.417 e. The van der Waals surface area contributed by atoms with Gasteiger partial charge in [-0.1, -0.05) is 0 Å². The van der Waals surface area contributed by atoms with Crippen LogP contribution in [-0.2, 0) is 12.7 Å². The third-order valence-corrected chi connectivity index (χ3v) is 6.67. The van der Waals surface area contributed by atoms with Crippen LogP contribution < -0.4 is 10.6 Å². The number of anilines is 1. The van der Waals surface area contributed by atoms with Gasteiger partial charge in [-0.05, 0) is 60.1 Å². The maximum absolute atomic E-state index is 14.1. The largest absolute Gasteiger partial charge is 0.417 e. The Morgan fingerprint density at radius 3 is 2.62 bits per heavy atom. The molecule has 0 radical (unpaired) electrons. The van der Waals surface area contributed by atoms with Gasteiger partial charge in [0.1, 0.15) is 5.82 Å². The molecule has 0 spiro atoms. The Morgan fingerprint density at radius 1 is 1.35 bits per heavy atom. The summed E-state index contributed by atoms with van der Waals surface area (Å²) in [7, 11) is 0. The summed E-state index contributed by atoms with van der Waals surface area (Å²) in [5.74, 6) is -0.404. The predicted molar refractivity (Wildman–Crippen MR) is 127 cm³/mol. The molecule has 2 aromatic heterocycles. The molecule has 2 atom stereocenters. The lowest BCUT2D eigenvalue weighted by molar-refractivity contribution is -0.137. The van der Waals surface area contributed by atoms with Crippen LogP contribution in [0.15, 0.2) is 12.3 Å². The van der Waals surface area contributed by atoms with Gasteiger partial charge in [-0.3, -0.25) is 9.69 Å². The van der Waals surface area contributed by atoms with Crippen molar-refractivity contribution in [2.45, 2.75) is 77.8 Å². The number of likely N-dealkylation sites (tertiary alicyclic amines) is 1. The van der Waals surface area contributed by atoms with Crippen molar-refractivity contribution in [2.24, 2.45) is 0 Å². The number of rotatable bonds is 7. The van der Waals surface area contributed by atoms with Crippen LogP contribution in [0.2, 0.25) is 0 Å². The van der Waals surface area contributed by atoms with Crippen LogP contribution in [0.1, 0.15) is 68.5 Å². The Morgan fingerprint density at radius 2 is 2.06 bits per heavy atom. The highest BCUT2D eigenvalue weighted by Crippen LogP contribution is 2.42. The zero-order valence-corrected chi connectivity index (χ0v) is 20.9. The first-order valence-corrected chi connectivity index (χ1v) is 12.1. The molecular formula is C23H32F3N5O2S. The van der Waals surface area contributed by atoms with Crippen molar-refractivity contribution in [2.75, 3.05) is 18.5 Å². The molecule has 1 aliphatic heterocycles. The molecule has 2 aromatic rings. The smallest absolute Gasteiger partial charge is 0.394 e. The van der Waals surface area contributed by atoms with Crippen LogP contribution in [0.5, 0.6) is 0 Å². The maximum atomic E-state index is 14.1. The highest BCUT2D eigenvalue weighted by atomic mass is 32.1. The van der Waals surface area contributed by atoms with E-state index in [0.717, 1.165) is 36.8 Å². The lowest BCUT2D eigenvalue weighted by Crippen LogP contribution is -2.35. The van der Waals surface area contributed by atoms with Crippen LogP contribution in [0, 0.1) is 0 Å². The van der Waals surface area contributed by atoms with Crippen LogP contribution in [0.3, 0.4) is 0 Å². The number of amides is 1. The van der Waals surface area contributed by atoms with Crippen molar-refractivity contribution in [1.82, 2.24) is 20.2 Å². The fraction of sp³-hybridized carbons (Fsp3) is 0.609. The summed E-state index contributed by atoms with van der Waals surface area (Å²) in [6, 6.07) is 0.785. The van der Waals surface area contributed by atoms with Gasteiger partial charge in [0.25, 0.3) is 5.91 Å². The van der Waals surface area contributed by atoms with E-state index in [1.165, 1.54) is 6.20 Å². The number of carbonyl (C=O) groups is 1. The van der Waals surface area contributed by atoms with Gasteiger partial charge in [0, 0.05) is 35.9 Å². The first-order valence-electron chi connectivity index (χ1n) is 11.3. The van der Waals surface area contributed by atoms with Crippen molar-refractivity contribution in [3.05, 3.63) is 28.5 Å². The third kappa shape index (κ3) is 6.45.